The molecule has 2 atom stereocenters. The van der Waals surface area contributed by atoms with Gasteiger partial charge in [0, 0.05) is 18.7 Å². The largest absolute Gasteiger partial charge is 0.491 e. The van der Waals surface area contributed by atoms with Gasteiger partial charge in [0.1, 0.15) is 18.2 Å². The predicted molar refractivity (Wildman–Crippen MR) is 110 cm³/mol. The number of nitrogens with one attached hydrogen (secondary N) is 1. The molecule has 0 bridgehead atoms. The highest BCUT2D eigenvalue weighted by atomic mass is 16.5. The van der Waals surface area contributed by atoms with E-state index in [0.29, 0.717) is 12.2 Å². The van der Waals surface area contributed by atoms with Crippen LogP contribution in [0.5, 0.6) is 5.75 Å². The van der Waals surface area contributed by atoms with Crippen LogP contribution in [0.2, 0.25) is 0 Å². The molecule has 3 heterocycles. The maximum Gasteiger partial charge on any atom is 0.254 e. The fourth-order valence-corrected chi connectivity index (χ4v) is 4.25. The van der Waals surface area contributed by atoms with Gasteiger partial charge in [0.2, 0.25) is 0 Å². The number of aromatic amines is 1. The third kappa shape index (κ3) is 3.72. The van der Waals surface area contributed by atoms with E-state index in [9.17, 15) is 4.79 Å². The van der Waals surface area contributed by atoms with Crippen LogP contribution in [0.25, 0.3) is 11.0 Å². The fourth-order valence-electron chi connectivity index (χ4n) is 4.25. The first-order valence-electron chi connectivity index (χ1n) is 10.4. The van der Waals surface area contributed by atoms with E-state index in [1.54, 1.807) is 0 Å². The van der Waals surface area contributed by atoms with E-state index < -0.39 is 0 Å². The predicted octanol–water partition coefficient (Wildman–Crippen LogP) is 4.10. The van der Waals surface area contributed by atoms with E-state index in [1.165, 1.54) is 0 Å². The van der Waals surface area contributed by atoms with Gasteiger partial charge in [-0.1, -0.05) is 12.1 Å². The Labute approximate surface area is 169 Å². The number of hydrogen-bond acceptors (Lipinski definition) is 4. The zero-order valence-electron chi connectivity index (χ0n) is 16.3. The number of nitrogens with zero attached hydrogens (tertiary/aromatic N) is 2. The second kappa shape index (κ2) is 7.87. The molecule has 2 aliphatic heterocycles. The second-order valence-electron chi connectivity index (χ2n) is 7.77. The molecular formula is C23H25N3O3. The highest BCUT2D eigenvalue weighted by molar-refractivity contribution is 5.94. The number of likely N-dealkylation sites (tertiary alicyclic amines) is 1. The van der Waals surface area contributed by atoms with Crippen molar-refractivity contribution in [2.75, 3.05) is 19.8 Å². The summed E-state index contributed by atoms with van der Waals surface area (Å²) in [6.07, 6.45) is 4.24. The lowest BCUT2D eigenvalue weighted by molar-refractivity contribution is 0.0678. The topological polar surface area (TPSA) is 67.5 Å². The first-order valence-corrected chi connectivity index (χ1v) is 10.4. The third-order valence-corrected chi connectivity index (χ3v) is 5.80. The Morgan fingerprint density at radius 2 is 2.00 bits per heavy atom. The normalized spacial score (nSPS) is 21.7. The van der Waals surface area contributed by atoms with Gasteiger partial charge in [-0.3, -0.25) is 4.79 Å². The molecule has 29 heavy (non-hydrogen) atoms. The maximum atomic E-state index is 13.1. The molecule has 1 N–H and O–H groups in total. The molecule has 150 valence electrons. The molecular weight excluding hydrogens is 366 g/mol. The summed E-state index contributed by atoms with van der Waals surface area (Å²) in [4.78, 5) is 23.2. The number of imidazole rings is 1. The summed E-state index contributed by atoms with van der Waals surface area (Å²) < 4.78 is 11.4. The molecule has 2 fully saturated rings. The van der Waals surface area contributed by atoms with Crippen molar-refractivity contribution < 1.29 is 14.3 Å². The number of hydrogen-bond donors (Lipinski definition) is 1. The van der Waals surface area contributed by atoms with Crippen LogP contribution in [0.1, 0.15) is 47.9 Å². The van der Waals surface area contributed by atoms with Gasteiger partial charge in [-0.2, -0.15) is 0 Å². The molecule has 2 aromatic carbocycles. The smallest absolute Gasteiger partial charge is 0.254 e. The van der Waals surface area contributed by atoms with Crippen LogP contribution in [-0.2, 0) is 4.74 Å². The fraction of sp³-hybridized carbons (Fsp3) is 0.391. The quantitative estimate of drug-likeness (QED) is 0.711. The van der Waals surface area contributed by atoms with Crippen molar-refractivity contribution in [3.63, 3.8) is 0 Å². The molecule has 2 unspecified atom stereocenters. The summed E-state index contributed by atoms with van der Waals surface area (Å²) in [6.45, 7) is 2.13. The van der Waals surface area contributed by atoms with Gasteiger partial charge in [-0.05, 0) is 62.1 Å². The first kappa shape index (κ1) is 18.2. The molecule has 1 aromatic heterocycles. The summed E-state index contributed by atoms with van der Waals surface area (Å²) >= 11 is 0. The van der Waals surface area contributed by atoms with E-state index in [-0.39, 0.29) is 18.1 Å². The maximum absolute atomic E-state index is 13.1. The van der Waals surface area contributed by atoms with Crippen molar-refractivity contribution in [1.82, 2.24) is 14.9 Å². The Morgan fingerprint density at radius 3 is 2.79 bits per heavy atom. The summed E-state index contributed by atoms with van der Waals surface area (Å²) in [6, 6.07) is 15.4. The van der Waals surface area contributed by atoms with Crippen molar-refractivity contribution in [3.05, 3.63) is 59.9 Å². The number of para-hydroxylation sites is 2. The number of rotatable bonds is 5. The standard InChI is InChI=1S/C23H25N3O3/c27-23(16-9-11-17(12-10-16)29-15-18-5-4-14-28-18)26-13-3-8-21(26)22-24-19-6-1-2-7-20(19)25-22/h1-2,6-7,9-12,18,21H,3-5,8,13-15H2,(H,24,25). The van der Waals surface area contributed by atoms with Gasteiger partial charge in [0.15, 0.2) is 0 Å². The minimum Gasteiger partial charge on any atom is -0.491 e. The number of aromatic nitrogens is 2. The number of fused-ring (bicyclic) bond motifs is 1. The summed E-state index contributed by atoms with van der Waals surface area (Å²) in [5.74, 6) is 1.68. The number of benzene rings is 2. The average molecular weight is 391 g/mol. The molecule has 6 nitrogen and oxygen atoms in total. The number of amides is 1. The van der Waals surface area contributed by atoms with Gasteiger partial charge in [-0.25, -0.2) is 4.98 Å². The van der Waals surface area contributed by atoms with Gasteiger partial charge in [0.25, 0.3) is 5.91 Å². The molecule has 0 aliphatic carbocycles. The third-order valence-electron chi connectivity index (χ3n) is 5.80. The first-order chi connectivity index (χ1) is 14.3. The Balaban J connectivity index is 1.28. The summed E-state index contributed by atoms with van der Waals surface area (Å²) in [7, 11) is 0. The van der Waals surface area contributed by atoms with E-state index in [2.05, 4.69) is 4.98 Å². The van der Waals surface area contributed by atoms with Crippen LogP contribution in [0, 0.1) is 0 Å². The van der Waals surface area contributed by atoms with Crippen LogP contribution in [0.4, 0.5) is 0 Å². The molecule has 0 spiro atoms. The lowest BCUT2D eigenvalue weighted by Crippen LogP contribution is -2.31. The Hall–Kier alpha value is -2.86. The van der Waals surface area contributed by atoms with E-state index >= 15 is 0 Å². The summed E-state index contributed by atoms with van der Waals surface area (Å²) in [5, 5.41) is 0. The number of carbonyl (C=O) groups excluding carboxylic acids is 1. The minimum absolute atomic E-state index is 0.00894. The van der Waals surface area contributed by atoms with Crippen molar-refractivity contribution >= 4 is 16.9 Å². The van der Waals surface area contributed by atoms with E-state index in [0.717, 1.165) is 61.4 Å². The monoisotopic (exact) mass is 391 g/mol. The van der Waals surface area contributed by atoms with Gasteiger partial charge >= 0.3 is 0 Å². The van der Waals surface area contributed by atoms with Crippen LogP contribution in [-0.4, -0.2) is 46.6 Å². The number of carbonyl (C=O) groups is 1. The van der Waals surface area contributed by atoms with Gasteiger partial charge < -0.3 is 19.4 Å². The van der Waals surface area contributed by atoms with Gasteiger partial charge in [0.05, 0.1) is 23.2 Å². The lowest BCUT2D eigenvalue weighted by atomic mass is 10.1. The lowest BCUT2D eigenvalue weighted by Gasteiger charge is -2.23. The Bertz CT molecular complexity index is 959. The molecule has 6 heteroatoms. The average Bonchev–Trinajstić information content (AvgIpc) is 3.52. The van der Waals surface area contributed by atoms with E-state index in [1.807, 2.05) is 53.4 Å². The van der Waals surface area contributed by atoms with E-state index in [4.69, 9.17) is 14.5 Å². The van der Waals surface area contributed by atoms with Gasteiger partial charge in [-0.15, -0.1) is 0 Å². The Kier molecular flexibility index (Phi) is 4.94. The highest BCUT2D eigenvalue weighted by Crippen LogP contribution is 2.33. The molecule has 3 aromatic rings. The zero-order chi connectivity index (χ0) is 19.6. The SMILES string of the molecule is O=C(c1ccc(OCC2CCCO2)cc1)N1CCCC1c1nc2ccccc2[nH]1. The molecule has 2 aliphatic rings. The van der Waals surface area contributed by atoms with Crippen LogP contribution >= 0.6 is 0 Å². The minimum atomic E-state index is -0.00894. The molecule has 1 amide bonds. The van der Waals surface area contributed by atoms with Crippen molar-refractivity contribution in [2.24, 2.45) is 0 Å². The van der Waals surface area contributed by atoms with Crippen molar-refractivity contribution in [3.8, 4) is 5.75 Å². The van der Waals surface area contributed by atoms with Crippen LogP contribution in [0.3, 0.4) is 0 Å². The molecule has 0 radical (unpaired) electrons. The zero-order valence-corrected chi connectivity index (χ0v) is 16.3. The van der Waals surface area contributed by atoms with Crippen molar-refractivity contribution in [2.45, 2.75) is 37.8 Å². The molecule has 0 saturated carbocycles. The summed E-state index contributed by atoms with van der Waals surface area (Å²) in [5.41, 5.74) is 2.63. The molecule has 5 rings (SSSR count). The second-order valence-corrected chi connectivity index (χ2v) is 7.77. The van der Waals surface area contributed by atoms with Crippen molar-refractivity contribution in [1.29, 1.82) is 0 Å². The Morgan fingerprint density at radius 1 is 1.14 bits per heavy atom. The highest BCUT2D eigenvalue weighted by Gasteiger charge is 2.32. The number of H-pyrrole nitrogens is 1. The van der Waals surface area contributed by atoms with Crippen LogP contribution < -0.4 is 4.74 Å². The molecule has 2 saturated heterocycles. The number of ether oxygens (including phenoxy) is 2. The van der Waals surface area contributed by atoms with Crippen LogP contribution in [0.15, 0.2) is 48.5 Å².